The van der Waals surface area contributed by atoms with Crippen LogP contribution in [0.3, 0.4) is 0 Å². The molecule has 3 fully saturated rings. The van der Waals surface area contributed by atoms with Gasteiger partial charge in [-0.3, -0.25) is 4.79 Å². The van der Waals surface area contributed by atoms with Gasteiger partial charge in [0.2, 0.25) is 15.9 Å². The monoisotopic (exact) mass is 465 g/mol. The van der Waals surface area contributed by atoms with E-state index in [1.807, 2.05) is 4.90 Å². The molecule has 2 unspecified atom stereocenters. The first kappa shape index (κ1) is 23.1. The fraction of sp³-hybridized carbons (Fsp3) is 0.739. The number of pyridine rings is 1. The van der Waals surface area contributed by atoms with Crippen LogP contribution in [0, 0.1) is 11.8 Å². The molecule has 2 aliphatic carbocycles. The maximum atomic E-state index is 12.9. The fourth-order valence-electron chi connectivity index (χ4n) is 5.47. The molecule has 0 N–H and O–H groups in total. The van der Waals surface area contributed by atoms with Crippen LogP contribution in [0.4, 0.5) is 0 Å². The summed E-state index contributed by atoms with van der Waals surface area (Å²) >= 11 is 1.40. The summed E-state index contributed by atoms with van der Waals surface area (Å²) in [7, 11) is -1.85. The summed E-state index contributed by atoms with van der Waals surface area (Å²) in [4.78, 5) is 19.3. The normalized spacial score (nSPS) is 25.4. The molecular weight excluding hydrogens is 430 g/mol. The van der Waals surface area contributed by atoms with Gasteiger partial charge in [0.1, 0.15) is 4.90 Å². The van der Waals surface area contributed by atoms with E-state index in [2.05, 4.69) is 4.98 Å². The molecule has 1 aromatic heterocycles. The number of sulfonamides is 1. The highest BCUT2D eigenvalue weighted by Crippen LogP contribution is 2.36. The zero-order valence-electron chi connectivity index (χ0n) is 18.5. The molecule has 6 nitrogen and oxygen atoms in total. The van der Waals surface area contributed by atoms with Crippen molar-refractivity contribution in [2.75, 3.05) is 25.9 Å². The van der Waals surface area contributed by atoms with Gasteiger partial charge in [-0.2, -0.15) is 4.31 Å². The highest BCUT2D eigenvalue weighted by atomic mass is 32.2. The minimum atomic E-state index is -3.53. The molecule has 2 saturated carbocycles. The van der Waals surface area contributed by atoms with Crippen LogP contribution in [0.2, 0.25) is 0 Å². The minimum absolute atomic E-state index is 0.0822. The Kier molecular flexibility index (Phi) is 7.60. The number of thioether (sulfide) groups is 1. The molecule has 0 spiro atoms. The van der Waals surface area contributed by atoms with E-state index in [4.69, 9.17) is 0 Å². The molecular formula is C23H35N3O3S2. The Balaban J connectivity index is 1.30. The Bertz CT molecular complexity index is 853. The molecule has 1 aromatic rings. The van der Waals surface area contributed by atoms with E-state index in [9.17, 15) is 13.2 Å². The predicted molar refractivity (Wildman–Crippen MR) is 123 cm³/mol. The van der Waals surface area contributed by atoms with Crippen LogP contribution in [0.15, 0.2) is 28.3 Å². The first-order valence-electron chi connectivity index (χ1n) is 11.8. The molecule has 2 atom stereocenters. The van der Waals surface area contributed by atoms with E-state index in [0.29, 0.717) is 16.7 Å². The quantitative estimate of drug-likeness (QED) is 0.590. The standard InChI is InChI=1S/C23H35N3O3S2/c1-25(20-9-3-2-4-10-20)31(28,29)21-11-12-22(24-15-21)30-17-23(27)26-14-13-18-7-5-6-8-19(18)16-26/h11-12,15,18-20H,2-10,13-14,16-17H2,1H3. The number of likely N-dealkylation sites (tertiary alicyclic amines) is 1. The van der Waals surface area contributed by atoms with E-state index in [1.165, 1.54) is 54.4 Å². The van der Waals surface area contributed by atoms with Crippen molar-refractivity contribution in [1.29, 1.82) is 0 Å². The Morgan fingerprint density at radius 3 is 2.48 bits per heavy atom. The second kappa shape index (κ2) is 10.2. The van der Waals surface area contributed by atoms with Gasteiger partial charge in [-0.1, -0.05) is 50.3 Å². The second-order valence-corrected chi connectivity index (χ2v) is 12.4. The lowest BCUT2D eigenvalue weighted by Gasteiger charge is -2.41. The maximum Gasteiger partial charge on any atom is 0.244 e. The molecule has 4 rings (SSSR count). The van der Waals surface area contributed by atoms with Crippen molar-refractivity contribution in [3.63, 3.8) is 0 Å². The highest BCUT2D eigenvalue weighted by Gasteiger charge is 2.33. The van der Waals surface area contributed by atoms with Crippen molar-refractivity contribution < 1.29 is 13.2 Å². The van der Waals surface area contributed by atoms with Gasteiger partial charge in [-0.25, -0.2) is 13.4 Å². The number of amides is 1. The number of carbonyl (C=O) groups is 1. The molecule has 2 heterocycles. The number of rotatable bonds is 6. The zero-order chi connectivity index (χ0) is 21.8. The van der Waals surface area contributed by atoms with Crippen molar-refractivity contribution in [3.05, 3.63) is 18.3 Å². The van der Waals surface area contributed by atoms with Crippen LogP contribution in [-0.2, 0) is 14.8 Å². The SMILES string of the molecule is CN(C1CCCCC1)S(=O)(=O)c1ccc(SCC(=O)N2CCC3CCCCC3C2)nc1. The molecule has 3 aliphatic rings. The summed E-state index contributed by atoms with van der Waals surface area (Å²) in [5.41, 5.74) is 0. The number of piperidine rings is 1. The van der Waals surface area contributed by atoms with Crippen molar-refractivity contribution >= 4 is 27.7 Å². The number of carbonyl (C=O) groups excluding carboxylic acids is 1. The Morgan fingerprint density at radius 1 is 1.06 bits per heavy atom. The molecule has 0 bridgehead atoms. The summed E-state index contributed by atoms with van der Waals surface area (Å²) in [5.74, 6) is 2.02. The zero-order valence-corrected chi connectivity index (χ0v) is 20.2. The summed E-state index contributed by atoms with van der Waals surface area (Å²) in [6.45, 7) is 1.78. The van der Waals surface area contributed by atoms with Crippen LogP contribution in [-0.4, -0.2) is 60.4 Å². The lowest BCUT2D eigenvalue weighted by Crippen LogP contribution is -2.45. The van der Waals surface area contributed by atoms with Crippen LogP contribution in [0.25, 0.3) is 0 Å². The van der Waals surface area contributed by atoms with E-state index in [-0.39, 0.29) is 16.8 Å². The van der Waals surface area contributed by atoms with Crippen LogP contribution in [0.5, 0.6) is 0 Å². The van der Waals surface area contributed by atoms with Gasteiger partial charge >= 0.3 is 0 Å². The molecule has 8 heteroatoms. The van der Waals surface area contributed by atoms with Gasteiger partial charge in [0, 0.05) is 32.4 Å². The van der Waals surface area contributed by atoms with Crippen LogP contribution in [0.1, 0.15) is 64.2 Å². The van der Waals surface area contributed by atoms with Crippen LogP contribution >= 0.6 is 11.8 Å². The van der Waals surface area contributed by atoms with Crippen LogP contribution < -0.4 is 0 Å². The molecule has 1 amide bonds. The molecule has 31 heavy (non-hydrogen) atoms. The fourth-order valence-corrected chi connectivity index (χ4v) is 7.57. The van der Waals surface area contributed by atoms with Gasteiger partial charge in [0.25, 0.3) is 0 Å². The van der Waals surface area contributed by atoms with Crippen molar-refractivity contribution in [1.82, 2.24) is 14.2 Å². The van der Waals surface area contributed by atoms with Crippen molar-refractivity contribution in [2.24, 2.45) is 11.8 Å². The Labute approximate surface area is 191 Å². The topological polar surface area (TPSA) is 70.6 Å². The first-order valence-corrected chi connectivity index (χ1v) is 14.2. The summed E-state index contributed by atoms with van der Waals surface area (Å²) < 4.78 is 27.4. The molecule has 0 aromatic carbocycles. The maximum absolute atomic E-state index is 12.9. The smallest absolute Gasteiger partial charge is 0.244 e. The van der Waals surface area contributed by atoms with Gasteiger partial charge in [-0.15, -0.1) is 0 Å². The summed E-state index contributed by atoms with van der Waals surface area (Å²) in [5, 5.41) is 0.695. The second-order valence-electron chi connectivity index (χ2n) is 9.37. The number of fused-ring (bicyclic) bond motifs is 1. The first-order chi connectivity index (χ1) is 14.9. The number of nitrogens with zero attached hydrogens (tertiary/aromatic N) is 3. The van der Waals surface area contributed by atoms with Gasteiger partial charge in [-0.05, 0) is 49.7 Å². The highest BCUT2D eigenvalue weighted by molar-refractivity contribution is 7.99. The molecule has 1 aliphatic heterocycles. The Hall–Kier alpha value is -1.12. The average Bonchev–Trinajstić information content (AvgIpc) is 2.82. The van der Waals surface area contributed by atoms with E-state index in [1.54, 1.807) is 19.2 Å². The Morgan fingerprint density at radius 2 is 1.77 bits per heavy atom. The molecule has 172 valence electrons. The average molecular weight is 466 g/mol. The van der Waals surface area contributed by atoms with Gasteiger partial charge in [0.05, 0.1) is 10.8 Å². The summed E-state index contributed by atoms with van der Waals surface area (Å²) in [6.07, 6.45) is 13.0. The van der Waals surface area contributed by atoms with Crippen molar-refractivity contribution in [3.8, 4) is 0 Å². The number of hydrogen-bond donors (Lipinski definition) is 0. The number of hydrogen-bond acceptors (Lipinski definition) is 5. The third kappa shape index (κ3) is 5.45. The minimum Gasteiger partial charge on any atom is -0.342 e. The van der Waals surface area contributed by atoms with Gasteiger partial charge in [0.15, 0.2) is 0 Å². The van der Waals surface area contributed by atoms with E-state index >= 15 is 0 Å². The van der Waals surface area contributed by atoms with E-state index in [0.717, 1.165) is 51.1 Å². The molecule has 1 saturated heterocycles. The predicted octanol–water partition coefficient (Wildman–Crippen LogP) is 4.17. The van der Waals surface area contributed by atoms with Crippen molar-refractivity contribution in [2.45, 2.75) is 80.2 Å². The van der Waals surface area contributed by atoms with Gasteiger partial charge < -0.3 is 4.90 Å². The lowest BCUT2D eigenvalue weighted by molar-refractivity contribution is -0.131. The largest absolute Gasteiger partial charge is 0.342 e. The third-order valence-electron chi connectivity index (χ3n) is 7.46. The third-order valence-corrected chi connectivity index (χ3v) is 10.3. The van der Waals surface area contributed by atoms with E-state index < -0.39 is 10.0 Å². The number of aromatic nitrogens is 1. The molecule has 0 radical (unpaired) electrons. The lowest BCUT2D eigenvalue weighted by atomic mass is 9.75. The summed E-state index contributed by atoms with van der Waals surface area (Å²) in [6, 6.07) is 3.44.